The Hall–Kier alpha value is -2.41. The molecule has 1 unspecified atom stereocenters. The molecule has 2 aromatic rings. The minimum atomic E-state index is 0.471. The average Bonchev–Trinajstić information content (AvgIpc) is 3.53. The Bertz CT molecular complexity index is 842. The van der Waals surface area contributed by atoms with Crippen LogP contribution in [0.25, 0.3) is 11.5 Å². The second-order valence-electron chi connectivity index (χ2n) is 8.46. The molecule has 1 atom stereocenters. The summed E-state index contributed by atoms with van der Waals surface area (Å²) in [7, 11) is 1.84. The van der Waals surface area contributed by atoms with Gasteiger partial charge in [-0.25, -0.2) is 0 Å². The quantitative estimate of drug-likeness (QED) is 0.538. The van der Waals surface area contributed by atoms with Crippen LogP contribution in [0.2, 0.25) is 0 Å². The highest BCUT2D eigenvalue weighted by Gasteiger charge is 2.30. The molecule has 1 saturated carbocycles. The Morgan fingerprint density at radius 1 is 1.27 bits per heavy atom. The molecule has 0 spiro atoms. The molecular weight excluding hydrogens is 376 g/mol. The minimum absolute atomic E-state index is 0.471. The number of aliphatic imine (C=N–C) groups is 1. The lowest BCUT2D eigenvalue weighted by Gasteiger charge is -2.24. The molecule has 4 rings (SSSR count). The molecule has 7 heteroatoms. The highest BCUT2D eigenvalue weighted by molar-refractivity contribution is 5.80. The van der Waals surface area contributed by atoms with Crippen LogP contribution < -0.4 is 10.6 Å². The largest absolute Gasteiger partial charge is 0.352 e. The van der Waals surface area contributed by atoms with Crippen LogP contribution in [0.15, 0.2) is 33.8 Å². The van der Waals surface area contributed by atoms with Crippen LogP contribution in [-0.2, 0) is 13.0 Å². The molecule has 2 heterocycles. The molecule has 7 nitrogen and oxygen atoms in total. The summed E-state index contributed by atoms with van der Waals surface area (Å²) in [4.78, 5) is 11.6. The number of hydrogen-bond acceptors (Lipinski definition) is 5. The van der Waals surface area contributed by atoms with Crippen molar-refractivity contribution in [1.82, 2.24) is 25.7 Å². The summed E-state index contributed by atoms with van der Waals surface area (Å²) in [6.45, 7) is 5.13. The standard InChI is InChI=1S/C23H34N6O/c1-3-7-21-27-22(30-28-21)18-9-6-8-17(14-18)15-25-23(24-2)26-19-12-13-29(16-19)20-10-4-5-11-20/h6,8-9,14,19-20H,3-5,7,10-13,15-16H2,1-2H3,(H2,24,25,26). The van der Waals surface area contributed by atoms with E-state index in [2.05, 4.69) is 49.7 Å². The van der Waals surface area contributed by atoms with Crippen molar-refractivity contribution in [1.29, 1.82) is 0 Å². The summed E-state index contributed by atoms with van der Waals surface area (Å²) in [6.07, 6.45) is 8.56. The molecule has 0 bridgehead atoms. The van der Waals surface area contributed by atoms with E-state index in [0.29, 0.717) is 18.5 Å². The van der Waals surface area contributed by atoms with Crippen LogP contribution in [0, 0.1) is 0 Å². The number of aryl methyl sites for hydroxylation is 1. The summed E-state index contributed by atoms with van der Waals surface area (Å²) < 4.78 is 5.42. The van der Waals surface area contributed by atoms with Gasteiger partial charge in [0.1, 0.15) is 0 Å². The Balaban J connectivity index is 1.30. The van der Waals surface area contributed by atoms with E-state index in [1.54, 1.807) is 0 Å². The van der Waals surface area contributed by atoms with E-state index in [1.165, 1.54) is 38.6 Å². The Morgan fingerprint density at radius 2 is 2.13 bits per heavy atom. The topological polar surface area (TPSA) is 78.6 Å². The average molecular weight is 411 g/mol. The lowest BCUT2D eigenvalue weighted by Crippen LogP contribution is -2.45. The van der Waals surface area contributed by atoms with E-state index >= 15 is 0 Å². The summed E-state index contributed by atoms with van der Waals surface area (Å²) in [5, 5.41) is 11.1. The SMILES string of the molecule is CCCc1noc(-c2cccc(CNC(=NC)NC3CCN(C4CCCC4)C3)c2)n1. The fraction of sp³-hybridized carbons (Fsp3) is 0.609. The fourth-order valence-corrected chi connectivity index (χ4v) is 4.59. The second kappa shape index (κ2) is 10.1. The van der Waals surface area contributed by atoms with E-state index in [9.17, 15) is 0 Å². The summed E-state index contributed by atoms with van der Waals surface area (Å²) >= 11 is 0. The molecule has 1 saturated heterocycles. The summed E-state index contributed by atoms with van der Waals surface area (Å²) in [5.41, 5.74) is 2.11. The summed E-state index contributed by atoms with van der Waals surface area (Å²) in [5.74, 6) is 2.21. The lowest BCUT2D eigenvalue weighted by molar-refractivity contribution is 0.242. The zero-order valence-electron chi connectivity index (χ0n) is 18.2. The van der Waals surface area contributed by atoms with Crippen molar-refractivity contribution in [2.45, 2.75) is 70.5 Å². The monoisotopic (exact) mass is 410 g/mol. The van der Waals surface area contributed by atoms with Gasteiger partial charge in [-0.3, -0.25) is 9.89 Å². The van der Waals surface area contributed by atoms with Crippen molar-refractivity contribution in [3.8, 4) is 11.5 Å². The van der Waals surface area contributed by atoms with Crippen molar-refractivity contribution in [3.05, 3.63) is 35.7 Å². The van der Waals surface area contributed by atoms with E-state index < -0.39 is 0 Å². The molecule has 2 fully saturated rings. The van der Waals surface area contributed by atoms with Crippen LogP contribution >= 0.6 is 0 Å². The molecule has 2 N–H and O–H groups in total. The van der Waals surface area contributed by atoms with Gasteiger partial charge in [-0.15, -0.1) is 0 Å². The second-order valence-corrected chi connectivity index (χ2v) is 8.46. The Labute approximate surface area is 179 Å². The smallest absolute Gasteiger partial charge is 0.257 e. The number of hydrogen-bond donors (Lipinski definition) is 2. The third kappa shape index (κ3) is 5.19. The van der Waals surface area contributed by atoms with Crippen LogP contribution in [0.5, 0.6) is 0 Å². The lowest BCUT2D eigenvalue weighted by atomic mass is 10.1. The number of aromatic nitrogens is 2. The van der Waals surface area contributed by atoms with Gasteiger partial charge >= 0.3 is 0 Å². The Morgan fingerprint density at radius 3 is 2.93 bits per heavy atom. The number of benzene rings is 1. The highest BCUT2D eigenvalue weighted by atomic mass is 16.5. The predicted molar refractivity (Wildman–Crippen MR) is 119 cm³/mol. The van der Waals surface area contributed by atoms with Crippen molar-refractivity contribution in [2.24, 2.45) is 4.99 Å². The van der Waals surface area contributed by atoms with Gasteiger partial charge in [0.25, 0.3) is 5.89 Å². The maximum Gasteiger partial charge on any atom is 0.257 e. The molecule has 0 radical (unpaired) electrons. The molecule has 1 aliphatic carbocycles. The van der Waals surface area contributed by atoms with E-state index in [4.69, 9.17) is 4.52 Å². The van der Waals surface area contributed by atoms with Crippen molar-refractivity contribution >= 4 is 5.96 Å². The van der Waals surface area contributed by atoms with Crippen LogP contribution in [0.1, 0.15) is 56.8 Å². The molecule has 0 amide bonds. The Kier molecular flexibility index (Phi) is 7.00. The van der Waals surface area contributed by atoms with Gasteiger partial charge < -0.3 is 15.2 Å². The van der Waals surface area contributed by atoms with Gasteiger partial charge in [-0.05, 0) is 43.4 Å². The van der Waals surface area contributed by atoms with Gasteiger partial charge in [-0.2, -0.15) is 4.98 Å². The maximum absolute atomic E-state index is 5.42. The van der Waals surface area contributed by atoms with Crippen LogP contribution in [0.4, 0.5) is 0 Å². The van der Waals surface area contributed by atoms with Crippen molar-refractivity contribution in [2.75, 3.05) is 20.1 Å². The molecule has 2 aliphatic rings. The number of likely N-dealkylation sites (tertiary alicyclic amines) is 1. The molecule has 1 aromatic carbocycles. The molecule has 1 aliphatic heterocycles. The minimum Gasteiger partial charge on any atom is -0.352 e. The van der Waals surface area contributed by atoms with Crippen LogP contribution in [-0.4, -0.2) is 53.2 Å². The van der Waals surface area contributed by atoms with Gasteiger partial charge in [0.2, 0.25) is 0 Å². The molecular formula is C23H34N6O. The molecule has 30 heavy (non-hydrogen) atoms. The van der Waals surface area contributed by atoms with Crippen LogP contribution in [0.3, 0.4) is 0 Å². The summed E-state index contributed by atoms with van der Waals surface area (Å²) in [6, 6.07) is 9.51. The van der Waals surface area contributed by atoms with E-state index in [-0.39, 0.29) is 0 Å². The third-order valence-electron chi connectivity index (χ3n) is 6.20. The number of nitrogens with zero attached hydrogens (tertiary/aromatic N) is 4. The first-order valence-electron chi connectivity index (χ1n) is 11.4. The zero-order valence-corrected chi connectivity index (χ0v) is 18.2. The first kappa shape index (κ1) is 20.8. The number of nitrogens with one attached hydrogen (secondary N) is 2. The highest BCUT2D eigenvalue weighted by Crippen LogP contribution is 2.26. The fourth-order valence-electron chi connectivity index (χ4n) is 4.59. The van der Waals surface area contributed by atoms with Gasteiger partial charge in [0, 0.05) is 50.7 Å². The first-order chi connectivity index (χ1) is 14.7. The third-order valence-corrected chi connectivity index (χ3v) is 6.20. The maximum atomic E-state index is 5.42. The molecule has 162 valence electrons. The van der Waals surface area contributed by atoms with E-state index in [0.717, 1.165) is 48.3 Å². The molecule has 1 aromatic heterocycles. The van der Waals surface area contributed by atoms with Crippen molar-refractivity contribution in [3.63, 3.8) is 0 Å². The van der Waals surface area contributed by atoms with Gasteiger partial charge in [0.15, 0.2) is 11.8 Å². The van der Waals surface area contributed by atoms with E-state index in [1.807, 2.05) is 19.2 Å². The number of guanidine groups is 1. The first-order valence-corrected chi connectivity index (χ1v) is 11.4. The van der Waals surface area contributed by atoms with Crippen molar-refractivity contribution < 1.29 is 4.52 Å². The van der Waals surface area contributed by atoms with Gasteiger partial charge in [-0.1, -0.05) is 37.1 Å². The predicted octanol–water partition coefficient (Wildman–Crippen LogP) is 3.37. The normalized spacial score (nSPS) is 20.7. The zero-order chi connectivity index (χ0) is 20.8. The van der Waals surface area contributed by atoms with Gasteiger partial charge in [0.05, 0.1) is 0 Å². The number of rotatable bonds is 7.